The van der Waals surface area contributed by atoms with Crippen LogP contribution in [-0.4, -0.2) is 28.5 Å². The molecular formula is C22H22FN3O3S. The van der Waals surface area contributed by atoms with Gasteiger partial charge in [0.25, 0.3) is 0 Å². The smallest absolute Gasteiger partial charge is 0.238 e. The highest BCUT2D eigenvalue weighted by atomic mass is 32.2. The molecule has 3 aromatic rings. The minimum atomic E-state index is -0.312. The van der Waals surface area contributed by atoms with Gasteiger partial charge in [-0.25, -0.2) is 4.39 Å². The van der Waals surface area contributed by atoms with Crippen molar-refractivity contribution in [1.29, 1.82) is 0 Å². The molecule has 1 amide bonds. The number of thioether (sulfide) groups is 1. The molecule has 2 heterocycles. The maximum atomic E-state index is 13.6. The number of methoxy groups -OCH3 is 1. The number of nitrogens with one attached hydrogen (secondary N) is 2. The maximum absolute atomic E-state index is 13.6. The summed E-state index contributed by atoms with van der Waals surface area (Å²) in [6, 6.07) is 12.0. The van der Waals surface area contributed by atoms with Gasteiger partial charge in [-0.2, -0.15) is 5.10 Å². The third-order valence-electron chi connectivity index (χ3n) is 4.99. The lowest BCUT2D eigenvalue weighted by Crippen LogP contribution is -2.21. The number of carbonyl (C=O) groups excluding carboxylic acids is 1. The first-order valence-corrected chi connectivity index (χ1v) is 10.5. The maximum Gasteiger partial charge on any atom is 0.238 e. The molecule has 2 aromatic carbocycles. The summed E-state index contributed by atoms with van der Waals surface area (Å²) in [5, 5.41) is 9.63. The molecule has 0 fully saturated rings. The molecule has 1 aromatic heterocycles. The van der Waals surface area contributed by atoms with Gasteiger partial charge in [0.05, 0.1) is 17.6 Å². The van der Waals surface area contributed by atoms with Crippen LogP contribution in [0.1, 0.15) is 34.6 Å². The van der Waals surface area contributed by atoms with Crippen LogP contribution in [0.4, 0.5) is 10.2 Å². The number of benzene rings is 2. The first-order valence-electron chi connectivity index (χ1n) is 9.53. The second kappa shape index (κ2) is 8.39. The van der Waals surface area contributed by atoms with E-state index < -0.39 is 0 Å². The molecule has 4 rings (SSSR count). The topological polar surface area (TPSA) is 76.2 Å². The number of aryl methyl sites for hydroxylation is 1. The summed E-state index contributed by atoms with van der Waals surface area (Å²) >= 11 is 1.52. The molecule has 156 valence electrons. The van der Waals surface area contributed by atoms with Gasteiger partial charge < -0.3 is 14.8 Å². The zero-order valence-electron chi connectivity index (χ0n) is 16.9. The first kappa shape index (κ1) is 20.3. The van der Waals surface area contributed by atoms with Crippen LogP contribution >= 0.6 is 11.8 Å². The predicted molar refractivity (Wildman–Crippen MR) is 115 cm³/mol. The quantitative estimate of drug-likeness (QED) is 0.622. The van der Waals surface area contributed by atoms with Crippen molar-refractivity contribution in [2.24, 2.45) is 0 Å². The Hall–Kier alpha value is -3.00. The minimum Gasteiger partial charge on any atom is -0.493 e. The molecule has 0 bridgehead atoms. The lowest BCUT2D eigenvalue weighted by molar-refractivity contribution is -0.115. The normalized spacial score (nSPS) is 18.3. The van der Waals surface area contributed by atoms with E-state index in [0.29, 0.717) is 22.9 Å². The molecule has 2 unspecified atom stereocenters. The number of halogens is 1. The highest BCUT2D eigenvalue weighted by Gasteiger charge is 2.34. The first-order chi connectivity index (χ1) is 14.5. The van der Waals surface area contributed by atoms with Gasteiger partial charge in [0.2, 0.25) is 5.91 Å². The summed E-state index contributed by atoms with van der Waals surface area (Å²) in [7, 11) is 1.58. The number of carbonyl (C=O) groups is 1. The number of amides is 1. The standard InChI is InChI=1S/C22H22FN3O3S/c1-12-18-20(30-13(2)22(27)24-21(18)26-25-12)16-8-5-9-17(28-3)19(16)29-11-14-6-4-7-15(23)10-14/h4-10,13,20H,11H2,1-3H3,(H2,24,25,26,27). The summed E-state index contributed by atoms with van der Waals surface area (Å²) in [6.07, 6.45) is 0. The van der Waals surface area contributed by atoms with Crippen molar-refractivity contribution in [3.05, 3.63) is 70.7 Å². The van der Waals surface area contributed by atoms with E-state index in [1.165, 1.54) is 23.9 Å². The number of fused-ring (bicyclic) bond motifs is 1. The van der Waals surface area contributed by atoms with Crippen LogP contribution in [0.3, 0.4) is 0 Å². The Labute approximate surface area is 178 Å². The number of hydrogen-bond donors (Lipinski definition) is 2. The molecule has 0 saturated heterocycles. The number of anilines is 1. The van der Waals surface area contributed by atoms with E-state index in [1.54, 1.807) is 13.2 Å². The predicted octanol–water partition coefficient (Wildman–Crippen LogP) is 4.61. The molecule has 8 heteroatoms. The number of hydrogen-bond acceptors (Lipinski definition) is 5. The summed E-state index contributed by atoms with van der Waals surface area (Å²) in [6.45, 7) is 3.98. The van der Waals surface area contributed by atoms with Crippen LogP contribution in [0.5, 0.6) is 11.5 Å². The van der Waals surface area contributed by atoms with Gasteiger partial charge >= 0.3 is 0 Å². The zero-order chi connectivity index (χ0) is 21.3. The molecule has 30 heavy (non-hydrogen) atoms. The van der Waals surface area contributed by atoms with Crippen molar-refractivity contribution in [3.8, 4) is 11.5 Å². The van der Waals surface area contributed by atoms with Crippen LogP contribution in [0.25, 0.3) is 0 Å². The molecule has 1 aliphatic heterocycles. The fourth-order valence-electron chi connectivity index (χ4n) is 3.47. The van der Waals surface area contributed by atoms with Gasteiger partial charge in [-0.05, 0) is 37.6 Å². The van der Waals surface area contributed by atoms with Gasteiger partial charge in [0.1, 0.15) is 12.4 Å². The van der Waals surface area contributed by atoms with Crippen molar-refractivity contribution in [2.45, 2.75) is 31.0 Å². The third kappa shape index (κ3) is 3.87. The van der Waals surface area contributed by atoms with E-state index in [1.807, 2.05) is 38.1 Å². The lowest BCUT2D eigenvalue weighted by atomic mass is 10.0. The van der Waals surface area contributed by atoms with Gasteiger partial charge in [-0.3, -0.25) is 9.89 Å². The Balaban J connectivity index is 1.76. The summed E-state index contributed by atoms with van der Waals surface area (Å²) in [5.74, 6) is 1.25. The summed E-state index contributed by atoms with van der Waals surface area (Å²) < 4.78 is 25.3. The monoisotopic (exact) mass is 427 g/mol. The second-order valence-corrected chi connectivity index (χ2v) is 8.51. The van der Waals surface area contributed by atoms with Crippen LogP contribution in [-0.2, 0) is 11.4 Å². The number of aromatic nitrogens is 2. The SMILES string of the molecule is COc1cccc(C2SC(C)C(=O)Nc3n[nH]c(C)c32)c1OCc1cccc(F)c1. The molecule has 2 N–H and O–H groups in total. The van der Waals surface area contributed by atoms with Gasteiger partial charge in [-0.15, -0.1) is 11.8 Å². The van der Waals surface area contributed by atoms with E-state index in [9.17, 15) is 9.18 Å². The van der Waals surface area contributed by atoms with E-state index in [-0.39, 0.29) is 28.8 Å². The molecular weight excluding hydrogens is 405 g/mol. The van der Waals surface area contributed by atoms with Crippen LogP contribution in [0.15, 0.2) is 42.5 Å². The van der Waals surface area contributed by atoms with Crippen molar-refractivity contribution >= 4 is 23.5 Å². The van der Waals surface area contributed by atoms with Gasteiger partial charge in [-0.1, -0.05) is 24.3 Å². The van der Waals surface area contributed by atoms with Crippen LogP contribution in [0, 0.1) is 12.7 Å². The number of para-hydroxylation sites is 1. The minimum absolute atomic E-state index is 0.0969. The Morgan fingerprint density at radius 1 is 1.23 bits per heavy atom. The zero-order valence-corrected chi connectivity index (χ0v) is 17.7. The number of H-pyrrole nitrogens is 1. The van der Waals surface area contributed by atoms with Crippen molar-refractivity contribution in [2.75, 3.05) is 12.4 Å². The third-order valence-corrected chi connectivity index (χ3v) is 6.38. The molecule has 0 aliphatic carbocycles. The number of ether oxygens (including phenoxy) is 2. The van der Waals surface area contributed by atoms with Gasteiger partial charge in [0.15, 0.2) is 17.3 Å². The fourth-order valence-corrected chi connectivity index (χ4v) is 4.82. The van der Waals surface area contributed by atoms with Crippen molar-refractivity contribution in [1.82, 2.24) is 10.2 Å². The van der Waals surface area contributed by atoms with E-state index in [4.69, 9.17) is 9.47 Å². The summed E-state index contributed by atoms with van der Waals surface area (Å²) in [4.78, 5) is 12.4. The van der Waals surface area contributed by atoms with Crippen molar-refractivity contribution < 1.29 is 18.7 Å². The van der Waals surface area contributed by atoms with E-state index in [2.05, 4.69) is 15.5 Å². The van der Waals surface area contributed by atoms with Gasteiger partial charge in [0, 0.05) is 16.8 Å². The Morgan fingerprint density at radius 3 is 2.80 bits per heavy atom. The van der Waals surface area contributed by atoms with Crippen LogP contribution < -0.4 is 14.8 Å². The van der Waals surface area contributed by atoms with E-state index >= 15 is 0 Å². The molecule has 0 spiro atoms. The molecule has 0 saturated carbocycles. The lowest BCUT2D eigenvalue weighted by Gasteiger charge is -2.22. The molecule has 1 aliphatic rings. The van der Waals surface area contributed by atoms with Crippen LogP contribution in [0.2, 0.25) is 0 Å². The van der Waals surface area contributed by atoms with Crippen molar-refractivity contribution in [3.63, 3.8) is 0 Å². The Bertz CT molecular complexity index is 1090. The Morgan fingerprint density at radius 2 is 2.03 bits per heavy atom. The largest absolute Gasteiger partial charge is 0.493 e. The Kier molecular flexibility index (Phi) is 5.67. The highest BCUT2D eigenvalue weighted by Crippen LogP contribution is 2.49. The fraction of sp³-hybridized carbons (Fsp3) is 0.273. The summed E-state index contributed by atoms with van der Waals surface area (Å²) in [5.41, 5.74) is 3.35. The van der Waals surface area contributed by atoms with E-state index in [0.717, 1.165) is 16.8 Å². The molecule has 6 nitrogen and oxygen atoms in total. The number of nitrogens with zero attached hydrogens (tertiary/aromatic N) is 1. The highest BCUT2D eigenvalue weighted by molar-refractivity contribution is 8.01. The molecule has 2 atom stereocenters. The average Bonchev–Trinajstić information content (AvgIpc) is 3.03. The number of rotatable bonds is 5. The number of aromatic amines is 1. The second-order valence-electron chi connectivity index (χ2n) is 7.06. The average molecular weight is 428 g/mol. The molecule has 0 radical (unpaired) electrons.